The van der Waals surface area contributed by atoms with Gasteiger partial charge < -0.3 is 0 Å². The number of thiazole rings is 1. The van der Waals surface area contributed by atoms with Crippen LogP contribution in [0.2, 0.25) is 0 Å². The first-order chi connectivity index (χ1) is 8.74. The van der Waals surface area contributed by atoms with E-state index in [1.807, 2.05) is 42.6 Å². The van der Waals surface area contributed by atoms with Crippen molar-refractivity contribution in [3.63, 3.8) is 0 Å². The molecule has 18 heavy (non-hydrogen) atoms. The average Bonchev–Trinajstić information content (AvgIpc) is 2.96. The summed E-state index contributed by atoms with van der Waals surface area (Å²) in [5.74, 6) is 0.113. The largest absolute Gasteiger partial charge is 0.291 e. The quantitative estimate of drug-likeness (QED) is 0.673. The Bertz CT molecular complexity index is 678. The molecule has 1 aromatic carbocycles. The summed E-state index contributed by atoms with van der Waals surface area (Å²) in [5.41, 5.74) is 2.10. The Labute approximate surface area is 113 Å². The van der Waals surface area contributed by atoms with Crippen LogP contribution in [-0.2, 0) is 6.42 Å². The van der Waals surface area contributed by atoms with Gasteiger partial charge in [0.1, 0.15) is 0 Å². The average molecular weight is 273 g/mol. The number of para-hydroxylation sites is 1. The number of carbonyl (C=O) groups is 1. The molecule has 3 aromatic rings. The smallest absolute Gasteiger partial charge is 0.196 e. The number of Topliss-reactive ketones (excluding diaryl/α,β-unsaturated/α-hetero) is 1. The molecular weight excluding hydrogens is 262 g/mol. The molecule has 0 unspecified atom stereocenters. The van der Waals surface area contributed by atoms with E-state index in [9.17, 15) is 4.79 Å². The van der Waals surface area contributed by atoms with E-state index in [4.69, 9.17) is 0 Å². The molecule has 0 radical (unpaired) electrons. The molecule has 90 valence electrons. The Morgan fingerprint density at radius 3 is 2.83 bits per heavy atom. The lowest BCUT2D eigenvalue weighted by Gasteiger charge is -1.95. The molecule has 0 spiro atoms. The Morgan fingerprint density at radius 1 is 1.28 bits per heavy atom. The summed E-state index contributed by atoms with van der Waals surface area (Å²) in [4.78, 5) is 17.7. The molecular formula is C14H11NOS2. The van der Waals surface area contributed by atoms with Crippen molar-refractivity contribution in [1.82, 2.24) is 4.98 Å². The van der Waals surface area contributed by atoms with E-state index in [0.717, 1.165) is 15.1 Å². The molecule has 4 heteroatoms. The number of aromatic nitrogens is 1. The predicted octanol–water partition coefficient (Wildman–Crippen LogP) is 4.09. The van der Waals surface area contributed by atoms with Crippen molar-refractivity contribution in [2.45, 2.75) is 13.3 Å². The zero-order chi connectivity index (χ0) is 12.5. The molecule has 2 heterocycles. The van der Waals surface area contributed by atoms with Crippen LogP contribution in [0.1, 0.15) is 20.2 Å². The number of hydrogen-bond acceptors (Lipinski definition) is 4. The maximum Gasteiger partial charge on any atom is 0.196 e. The summed E-state index contributed by atoms with van der Waals surface area (Å²) >= 11 is 3.11. The molecule has 2 nitrogen and oxygen atoms in total. The molecule has 2 aromatic heterocycles. The SMILES string of the molecule is Cc1ccsc1CC(=O)c1nc2ccccc2s1. The van der Waals surface area contributed by atoms with Gasteiger partial charge in [0.05, 0.1) is 10.2 Å². The molecule has 0 N–H and O–H groups in total. The van der Waals surface area contributed by atoms with Crippen LogP contribution in [0.5, 0.6) is 0 Å². The lowest BCUT2D eigenvalue weighted by atomic mass is 10.2. The van der Waals surface area contributed by atoms with Crippen molar-refractivity contribution in [2.24, 2.45) is 0 Å². The highest BCUT2D eigenvalue weighted by molar-refractivity contribution is 7.20. The fourth-order valence-corrected chi connectivity index (χ4v) is 3.61. The number of carbonyl (C=O) groups excluding carboxylic acids is 1. The van der Waals surface area contributed by atoms with E-state index in [1.165, 1.54) is 16.9 Å². The van der Waals surface area contributed by atoms with E-state index < -0.39 is 0 Å². The normalized spacial score (nSPS) is 10.9. The minimum atomic E-state index is 0.113. The number of aryl methyl sites for hydroxylation is 1. The molecule has 0 saturated heterocycles. The molecule has 3 rings (SSSR count). The van der Waals surface area contributed by atoms with Gasteiger partial charge in [-0.1, -0.05) is 12.1 Å². The van der Waals surface area contributed by atoms with Crippen LogP contribution >= 0.6 is 22.7 Å². The molecule has 0 aliphatic heterocycles. The van der Waals surface area contributed by atoms with Crippen molar-refractivity contribution in [3.8, 4) is 0 Å². The van der Waals surface area contributed by atoms with Crippen LogP contribution < -0.4 is 0 Å². The summed E-state index contributed by atoms with van der Waals surface area (Å²) in [5, 5.41) is 2.64. The number of hydrogen-bond donors (Lipinski definition) is 0. The number of nitrogens with zero attached hydrogens (tertiary/aromatic N) is 1. The lowest BCUT2D eigenvalue weighted by Crippen LogP contribution is -2.02. The molecule has 0 aliphatic carbocycles. The number of fused-ring (bicyclic) bond motifs is 1. The monoisotopic (exact) mass is 273 g/mol. The van der Waals surface area contributed by atoms with Crippen molar-refractivity contribution < 1.29 is 4.79 Å². The van der Waals surface area contributed by atoms with Crippen molar-refractivity contribution in [3.05, 3.63) is 51.2 Å². The van der Waals surface area contributed by atoms with Crippen molar-refractivity contribution in [1.29, 1.82) is 0 Å². The van der Waals surface area contributed by atoms with Gasteiger partial charge in [-0.25, -0.2) is 4.98 Å². The van der Waals surface area contributed by atoms with E-state index in [0.29, 0.717) is 11.4 Å². The minimum absolute atomic E-state index is 0.113. The van der Waals surface area contributed by atoms with E-state index >= 15 is 0 Å². The second-order valence-corrected chi connectivity index (χ2v) is 6.14. The standard InChI is InChI=1S/C14H11NOS2/c1-9-6-7-17-13(9)8-11(16)14-15-10-4-2-3-5-12(10)18-14/h2-7H,8H2,1H3. The van der Waals surface area contributed by atoms with Crippen LogP contribution in [0.25, 0.3) is 10.2 Å². The summed E-state index contributed by atoms with van der Waals surface area (Å²) in [7, 11) is 0. The number of rotatable bonds is 3. The topological polar surface area (TPSA) is 30.0 Å². The number of benzene rings is 1. The third-order valence-corrected chi connectivity index (χ3v) is 4.92. The zero-order valence-corrected chi connectivity index (χ0v) is 11.5. The van der Waals surface area contributed by atoms with Gasteiger partial charge in [-0.05, 0) is 36.1 Å². The Balaban J connectivity index is 1.90. The van der Waals surface area contributed by atoms with Gasteiger partial charge in [-0.15, -0.1) is 22.7 Å². The molecule has 0 fully saturated rings. The fraction of sp³-hybridized carbons (Fsp3) is 0.143. The van der Waals surface area contributed by atoms with Gasteiger partial charge >= 0.3 is 0 Å². The van der Waals surface area contributed by atoms with E-state index in [2.05, 4.69) is 4.98 Å². The van der Waals surface area contributed by atoms with Crippen molar-refractivity contribution >= 4 is 38.7 Å². The van der Waals surface area contributed by atoms with Crippen LogP contribution in [0.4, 0.5) is 0 Å². The number of ketones is 1. The highest BCUT2D eigenvalue weighted by Crippen LogP contribution is 2.24. The second kappa shape index (κ2) is 4.63. The minimum Gasteiger partial charge on any atom is -0.291 e. The van der Waals surface area contributed by atoms with Gasteiger partial charge in [0, 0.05) is 11.3 Å². The first-order valence-electron chi connectivity index (χ1n) is 5.66. The zero-order valence-electron chi connectivity index (χ0n) is 9.84. The molecule has 0 amide bonds. The summed E-state index contributed by atoms with van der Waals surface area (Å²) in [6.45, 7) is 2.04. The van der Waals surface area contributed by atoms with E-state index in [-0.39, 0.29) is 5.78 Å². The first kappa shape index (κ1) is 11.6. The summed E-state index contributed by atoms with van der Waals surface area (Å²) in [6.07, 6.45) is 0.462. The van der Waals surface area contributed by atoms with Gasteiger partial charge in [0.2, 0.25) is 0 Å². The molecule has 0 saturated carbocycles. The molecule has 0 aliphatic rings. The number of thiophene rings is 1. The van der Waals surface area contributed by atoms with Crippen LogP contribution in [0.15, 0.2) is 35.7 Å². The summed E-state index contributed by atoms with van der Waals surface area (Å²) < 4.78 is 1.07. The predicted molar refractivity (Wildman–Crippen MR) is 76.7 cm³/mol. The van der Waals surface area contributed by atoms with Crippen LogP contribution in [0, 0.1) is 6.92 Å². The Morgan fingerprint density at radius 2 is 2.11 bits per heavy atom. The first-order valence-corrected chi connectivity index (χ1v) is 7.35. The Kier molecular flexibility index (Phi) is 2.97. The Hall–Kier alpha value is -1.52. The third kappa shape index (κ3) is 2.09. The maximum atomic E-state index is 12.2. The van der Waals surface area contributed by atoms with Gasteiger partial charge in [-0.3, -0.25) is 4.79 Å². The maximum absolute atomic E-state index is 12.2. The fourth-order valence-electron chi connectivity index (χ4n) is 1.80. The summed E-state index contributed by atoms with van der Waals surface area (Å²) in [6, 6.07) is 9.91. The molecule has 0 atom stereocenters. The van der Waals surface area contributed by atoms with Gasteiger partial charge in [0.25, 0.3) is 0 Å². The highest BCUT2D eigenvalue weighted by Gasteiger charge is 2.14. The van der Waals surface area contributed by atoms with E-state index in [1.54, 1.807) is 11.3 Å². The van der Waals surface area contributed by atoms with Crippen molar-refractivity contribution in [2.75, 3.05) is 0 Å². The van der Waals surface area contributed by atoms with Gasteiger partial charge in [-0.2, -0.15) is 0 Å². The van der Waals surface area contributed by atoms with Gasteiger partial charge in [0.15, 0.2) is 10.8 Å². The second-order valence-electron chi connectivity index (χ2n) is 4.11. The lowest BCUT2D eigenvalue weighted by molar-refractivity contribution is 0.0993. The highest BCUT2D eigenvalue weighted by atomic mass is 32.1. The molecule has 0 bridgehead atoms. The van der Waals surface area contributed by atoms with Crippen LogP contribution in [-0.4, -0.2) is 10.8 Å². The third-order valence-electron chi connectivity index (χ3n) is 2.82. The van der Waals surface area contributed by atoms with Crippen LogP contribution in [0.3, 0.4) is 0 Å².